The highest BCUT2D eigenvalue weighted by Crippen LogP contribution is 2.20. The van der Waals surface area contributed by atoms with Gasteiger partial charge in [0, 0.05) is 5.02 Å². The van der Waals surface area contributed by atoms with Gasteiger partial charge in [0.2, 0.25) is 0 Å². The van der Waals surface area contributed by atoms with Gasteiger partial charge >= 0.3 is 5.97 Å². The second kappa shape index (κ2) is 6.15. The van der Waals surface area contributed by atoms with Crippen LogP contribution in [0.3, 0.4) is 0 Å². The fraction of sp³-hybridized carbons (Fsp3) is 0.0714. The van der Waals surface area contributed by atoms with Gasteiger partial charge in [0.25, 0.3) is 10.0 Å². The molecule has 1 N–H and O–H groups in total. The smallest absolute Gasteiger partial charge is 0.337 e. The van der Waals surface area contributed by atoms with E-state index in [-0.39, 0.29) is 10.5 Å². The van der Waals surface area contributed by atoms with Crippen molar-refractivity contribution in [3.05, 3.63) is 59.1 Å². The third-order valence-corrected chi connectivity index (χ3v) is 4.26. The molecule has 0 bridgehead atoms. The molecule has 0 aliphatic rings. The largest absolute Gasteiger partial charge is 0.465 e. The minimum atomic E-state index is -3.81. The van der Waals surface area contributed by atoms with Crippen LogP contribution in [-0.4, -0.2) is 21.5 Å². The van der Waals surface area contributed by atoms with E-state index in [1.54, 1.807) is 18.2 Å². The molecule has 2 aromatic carbocycles. The lowest BCUT2D eigenvalue weighted by Gasteiger charge is -2.09. The van der Waals surface area contributed by atoms with Crippen molar-refractivity contribution in [3.8, 4) is 0 Å². The van der Waals surface area contributed by atoms with Gasteiger partial charge in [-0.05, 0) is 36.4 Å². The summed E-state index contributed by atoms with van der Waals surface area (Å²) in [4.78, 5) is 11.4. The molecule has 7 heteroatoms. The van der Waals surface area contributed by atoms with E-state index in [1.807, 2.05) is 0 Å². The molecule has 0 unspecified atom stereocenters. The summed E-state index contributed by atoms with van der Waals surface area (Å²) >= 11 is 5.81. The molecule has 0 spiro atoms. The minimum absolute atomic E-state index is 0.0367. The summed E-state index contributed by atoms with van der Waals surface area (Å²) in [5, 5.41) is 0.415. The van der Waals surface area contributed by atoms with E-state index in [4.69, 9.17) is 11.6 Å². The van der Waals surface area contributed by atoms with Gasteiger partial charge in [0.15, 0.2) is 0 Å². The molecule has 2 rings (SSSR count). The molecule has 0 aromatic heterocycles. The molecule has 0 fully saturated rings. The Morgan fingerprint density at radius 2 is 1.86 bits per heavy atom. The lowest BCUT2D eigenvalue weighted by Crippen LogP contribution is -2.14. The molecule has 0 atom stereocenters. The number of hydrogen-bond acceptors (Lipinski definition) is 4. The van der Waals surface area contributed by atoms with Crippen molar-refractivity contribution in [2.75, 3.05) is 11.8 Å². The maximum Gasteiger partial charge on any atom is 0.337 e. The summed E-state index contributed by atoms with van der Waals surface area (Å²) < 4.78 is 31.5. The second-order valence-electron chi connectivity index (χ2n) is 4.14. The number of sulfonamides is 1. The highest BCUT2D eigenvalue weighted by molar-refractivity contribution is 7.92. The lowest BCUT2D eigenvalue weighted by atomic mass is 10.2. The maximum atomic E-state index is 12.3. The molecule has 0 amide bonds. The topological polar surface area (TPSA) is 72.5 Å². The molecule has 0 saturated carbocycles. The zero-order valence-electron chi connectivity index (χ0n) is 11.0. The number of halogens is 1. The molecule has 110 valence electrons. The van der Waals surface area contributed by atoms with Crippen LogP contribution in [0.4, 0.5) is 5.69 Å². The lowest BCUT2D eigenvalue weighted by molar-refractivity contribution is 0.0600. The number of anilines is 1. The Hall–Kier alpha value is -2.05. The number of esters is 1. The first-order valence-electron chi connectivity index (χ1n) is 5.89. The van der Waals surface area contributed by atoms with Gasteiger partial charge in [-0.1, -0.05) is 23.7 Å². The summed E-state index contributed by atoms with van der Waals surface area (Å²) in [7, 11) is -2.58. The van der Waals surface area contributed by atoms with E-state index in [2.05, 4.69) is 9.46 Å². The average Bonchev–Trinajstić information content (AvgIpc) is 2.46. The van der Waals surface area contributed by atoms with Crippen molar-refractivity contribution < 1.29 is 17.9 Å². The van der Waals surface area contributed by atoms with Crippen LogP contribution < -0.4 is 4.72 Å². The minimum Gasteiger partial charge on any atom is -0.465 e. The van der Waals surface area contributed by atoms with E-state index < -0.39 is 16.0 Å². The van der Waals surface area contributed by atoms with Crippen LogP contribution in [0.15, 0.2) is 53.4 Å². The van der Waals surface area contributed by atoms with Gasteiger partial charge in [-0.3, -0.25) is 4.72 Å². The summed E-state index contributed by atoms with van der Waals surface area (Å²) in [6, 6.07) is 11.9. The average molecular weight is 326 g/mol. The summed E-state index contributed by atoms with van der Waals surface area (Å²) in [5.41, 5.74) is 0.498. The van der Waals surface area contributed by atoms with Gasteiger partial charge in [-0.15, -0.1) is 0 Å². The van der Waals surface area contributed by atoms with E-state index in [9.17, 15) is 13.2 Å². The first-order chi connectivity index (χ1) is 9.92. The Balaban J connectivity index is 2.33. The highest BCUT2D eigenvalue weighted by atomic mass is 35.5. The van der Waals surface area contributed by atoms with Gasteiger partial charge in [-0.2, -0.15) is 0 Å². The molecule has 0 aliphatic carbocycles. The van der Waals surface area contributed by atoms with Crippen LogP contribution in [0.1, 0.15) is 10.4 Å². The van der Waals surface area contributed by atoms with Crippen LogP contribution in [0, 0.1) is 0 Å². The van der Waals surface area contributed by atoms with Crippen molar-refractivity contribution in [2.45, 2.75) is 4.90 Å². The van der Waals surface area contributed by atoms with E-state index in [0.29, 0.717) is 10.7 Å². The fourth-order valence-corrected chi connectivity index (χ4v) is 2.96. The molecule has 0 aliphatic heterocycles. The van der Waals surface area contributed by atoms with Gasteiger partial charge in [0.1, 0.15) is 0 Å². The van der Waals surface area contributed by atoms with Crippen molar-refractivity contribution >= 4 is 33.3 Å². The number of methoxy groups -OCH3 is 1. The number of nitrogens with one attached hydrogen (secondary N) is 1. The molecule has 0 saturated heterocycles. The number of carbonyl (C=O) groups is 1. The summed E-state index contributed by atoms with van der Waals surface area (Å²) in [5.74, 6) is -0.602. The van der Waals surface area contributed by atoms with Crippen LogP contribution in [0.25, 0.3) is 0 Å². The zero-order valence-corrected chi connectivity index (χ0v) is 12.6. The summed E-state index contributed by atoms with van der Waals surface area (Å²) in [6.45, 7) is 0. The summed E-state index contributed by atoms with van der Waals surface area (Å²) in [6.07, 6.45) is 0. The Bertz CT molecular complexity index is 774. The third kappa shape index (κ3) is 3.74. The predicted molar refractivity (Wildman–Crippen MR) is 80.0 cm³/mol. The van der Waals surface area contributed by atoms with Crippen molar-refractivity contribution in [2.24, 2.45) is 0 Å². The molecule has 2 aromatic rings. The van der Waals surface area contributed by atoms with Crippen molar-refractivity contribution in [1.29, 1.82) is 0 Å². The second-order valence-corrected chi connectivity index (χ2v) is 6.25. The Labute approximate surface area is 127 Å². The third-order valence-electron chi connectivity index (χ3n) is 2.64. The highest BCUT2D eigenvalue weighted by Gasteiger charge is 2.16. The molecular weight excluding hydrogens is 314 g/mol. The standard InChI is InChI=1S/C14H12ClNO4S/c1-20-14(17)10-4-2-7-13(8-10)21(18,19)16-12-6-3-5-11(15)9-12/h2-9,16H,1H3. The van der Waals surface area contributed by atoms with E-state index >= 15 is 0 Å². The van der Waals surface area contributed by atoms with Gasteiger partial charge in [0.05, 0.1) is 23.3 Å². The fourth-order valence-electron chi connectivity index (χ4n) is 1.67. The number of carbonyl (C=O) groups excluding carboxylic acids is 1. The number of rotatable bonds is 4. The Morgan fingerprint density at radius 3 is 2.52 bits per heavy atom. The molecular formula is C14H12ClNO4S. The normalized spacial score (nSPS) is 11.0. The first-order valence-corrected chi connectivity index (χ1v) is 7.75. The van der Waals surface area contributed by atoms with Gasteiger partial charge in [-0.25, -0.2) is 13.2 Å². The van der Waals surface area contributed by atoms with Crippen LogP contribution in [-0.2, 0) is 14.8 Å². The van der Waals surface area contributed by atoms with E-state index in [1.165, 1.54) is 37.4 Å². The van der Waals surface area contributed by atoms with E-state index in [0.717, 1.165) is 0 Å². The SMILES string of the molecule is COC(=O)c1cccc(S(=O)(=O)Nc2cccc(Cl)c2)c1. The first kappa shape index (κ1) is 15.3. The number of hydrogen-bond donors (Lipinski definition) is 1. The Kier molecular flexibility index (Phi) is 4.50. The van der Waals surface area contributed by atoms with Crippen molar-refractivity contribution in [1.82, 2.24) is 0 Å². The zero-order chi connectivity index (χ0) is 15.5. The molecule has 5 nitrogen and oxygen atoms in total. The molecule has 21 heavy (non-hydrogen) atoms. The predicted octanol–water partition coefficient (Wildman–Crippen LogP) is 2.93. The van der Waals surface area contributed by atoms with Gasteiger partial charge < -0.3 is 4.74 Å². The van der Waals surface area contributed by atoms with Crippen LogP contribution >= 0.6 is 11.6 Å². The van der Waals surface area contributed by atoms with Crippen molar-refractivity contribution in [3.63, 3.8) is 0 Å². The monoisotopic (exact) mass is 325 g/mol. The Morgan fingerprint density at radius 1 is 1.14 bits per heavy atom. The van der Waals surface area contributed by atoms with Crippen LogP contribution in [0.2, 0.25) is 5.02 Å². The maximum absolute atomic E-state index is 12.3. The molecule has 0 radical (unpaired) electrons. The number of benzene rings is 2. The number of ether oxygens (including phenoxy) is 1. The van der Waals surface area contributed by atoms with Crippen LogP contribution in [0.5, 0.6) is 0 Å². The molecule has 0 heterocycles. The quantitative estimate of drug-likeness (QED) is 0.877.